The van der Waals surface area contributed by atoms with Gasteiger partial charge in [0, 0.05) is 37.1 Å². The summed E-state index contributed by atoms with van der Waals surface area (Å²) in [6.45, 7) is 3.73. The Morgan fingerprint density at radius 2 is 2.09 bits per heavy atom. The number of halogens is 2. The lowest BCUT2D eigenvalue weighted by Crippen LogP contribution is -2.42. The van der Waals surface area contributed by atoms with E-state index in [2.05, 4.69) is 25.2 Å². The van der Waals surface area contributed by atoms with Gasteiger partial charge in [0.15, 0.2) is 0 Å². The predicted octanol–water partition coefficient (Wildman–Crippen LogP) is 3.57. The highest BCUT2D eigenvalue weighted by molar-refractivity contribution is 6.36. The van der Waals surface area contributed by atoms with Gasteiger partial charge in [0.25, 0.3) is 0 Å². The van der Waals surface area contributed by atoms with Crippen molar-refractivity contribution >= 4 is 34.8 Å². The normalized spacial score (nSPS) is 18.3. The van der Waals surface area contributed by atoms with Crippen LogP contribution in [0.3, 0.4) is 0 Å². The summed E-state index contributed by atoms with van der Waals surface area (Å²) in [7, 11) is 0. The first-order valence-electron chi connectivity index (χ1n) is 7.23. The molecule has 5 nitrogen and oxygen atoms in total. The first-order chi connectivity index (χ1) is 10.6. The molecule has 1 fully saturated rings. The number of nitrogens with one attached hydrogen (secondary N) is 1. The maximum Gasteiger partial charge on any atom is 0.147 e. The van der Waals surface area contributed by atoms with Gasteiger partial charge in [0.05, 0.1) is 10.0 Å². The zero-order valence-electron chi connectivity index (χ0n) is 12.3. The van der Waals surface area contributed by atoms with Gasteiger partial charge in [-0.2, -0.15) is 0 Å². The lowest BCUT2D eigenvalue weighted by atomic mass is 10.1. The molecule has 2 aromatic heterocycles. The van der Waals surface area contributed by atoms with Gasteiger partial charge in [-0.1, -0.05) is 23.2 Å². The van der Waals surface area contributed by atoms with Gasteiger partial charge in [-0.15, -0.1) is 0 Å². The number of piperidine rings is 1. The van der Waals surface area contributed by atoms with Crippen molar-refractivity contribution in [2.45, 2.75) is 25.8 Å². The molecule has 3 heterocycles. The molecule has 7 heteroatoms. The van der Waals surface area contributed by atoms with Crippen LogP contribution in [0.4, 0.5) is 11.6 Å². The molecule has 1 N–H and O–H groups in total. The quantitative estimate of drug-likeness (QED) is 0.927. The molecule has 0 spiro atoms. The maximum absolute atomic E-state index is 6.26. The Labute approximate surface area is 139 Å². The number of rotatable bonds is 3. The Kier molecular flexibility index (Phi) is 4.64. The largest absolute Gasteiger partial charge is 0.365 e. The average molecular weight is 338 g/mol. The second kappa shape index (κ2) is 6.67. The Hall–Kier alpha value is -1.59. The van der Waals surface area contributed by atoms with Crippen LogP contribution < -0.4 is 10.2 Å². The van der Waals surface area contributed by atoms with Crippen molar-refractivity contribution < 1.29 is 0 Å². The summed E-state index contributed by atoms with van der Waals surface area (Å²) in [5.41, 5.74) is 0.951. The Morgan fingerprint density at radius 3 is 2.86 bits per heavy atom. The molecule has 0 saturated carbocycles. The van der Waals surface area contributed by atoms with Crippen LogP contribution in [0.1, 0.15) is 18.5 Å². The van der Waals surface area contributed by atoms with E-state index in [0.29, 0.717) is 16.1 Å². The Bertz CT molecular complexity index is 664. The predicted molar refractivity (Wildman–Crippen MR) is 89.9 cm³/mol. The third-order valence-corrected chi connectivity index (χ3v) is 4.15. The van der Waals surface area contributed by atoms with Crippen LogP contribution in [0.25, 0.3) is 0 Å². The monoisotopic (exact) mass is 337 g/mol. The topological polar surface area (TPSA) is 53.9 Å². The van der Waals surface area contributed by atoms with Gasteiger partial charge >= 0.3 is 0 Å². The van der Waals surface area contributed by atoms with Crippen LogP contribution in [0.5, 0.6) is 0 Å². The molecule has 2 aromatic rings. The van der Waals surface area contributed by atoms with Gasteiger partial charge in [0.1, 0.15) is 18.0 Å². The van der Waals surface area contributed by atoms with Crippen LogP contribution in [-0.4, -0.2) is 34.1 Å². The van der Waals surface area contributed by atoms with Crippen molar-refractivity contribution in [3.63, 3.8) is 0 Å². The van der Waals surface area contributed by atoms with Gasteiger partial charge in [-0.25, -0.2) is 15.0 Å². The summed E-state index contributed by atoms with van der Waals surface area (Å²) in [5.74, 6) is 1.64. The first-order valence-corrected chi connectivity index (χ1v) is 7.98. The van der Waals surface area contributed by atoms with Gasteiger partial charge in [-0.05, 0) is 25.8 Å². The molecule has 0 amide bonds. The highest BCUT2D eigenvalue weighted by Crippen LogP contribution is 2.28. The zero-order valence-corrected chi connectivity index (χ0v) is 13.8. The molecule has 116 valence electrons. The molecule has 0 radical (unpaired) electrons. The molecule has 1 aliphatic heterocycles. The zero-order chi connectivity index (χ0) is 15.5. The third kappa shape index (κ3) is 3.59. The molecule has 0 bridgehead atoms. The summed E-state index contributed by atoms with van der Waals surface area (Å²) in [6.07, 6.45) is 5.37. The number of nitrogens with zero attached hydrogens (tertiary/aromatic N) is 4. The Balaban J connectivity index is 1.71. The number of pyridine rings is 1. The minimum Gasteiger partial charge on any atom is -0.365 e. The van der Waals surface area contributed by atoms with Crippen LogP contribution >= 0.6 is 23.2 Å². The molecule has 3 rings (SSSR count). The lowest BCUT2D eigenvalue weighted by Gasteiger charge is -2.34. The SMILES string of the molecule is Cc1cc(NC2CCCN(c3ncc(Cl)cc3Cl)C2)ncn1. The summed E-state index contributed by atoms with van der Waals surface area (Å²) in [6, 6.07) is 3.99. The molecular weight excluding hydrogens is 321 g/mol. The molecule has 22 heavy (non-hydrogen) atoms. The molecule has 0 aliphatic carbocycles. The summed E-state index contributed by atoms with van der Waals surface area (Å²) < 4.78 is 0. The summed E-state index contributed by atoms with van der Waals surface area (Å²) >= 11 is 12.2. The number of anilines is 2. The van der Waals surface area contributed by atoms with E-state index in [1.165, 1.54) is 0 Å². The number of hydrogen-bond donors (Lipinski definition) is 1. The van der Waals surface area contributed by atoms with E-state index in [9.17, 15) is 0 Å². The minimum absolute atomic E-state index is 0.302. The van der Waals surface area contributed by atoms with Crippen molar-refractivity contribution in [1.29, 1.82) is 0 Å². The fourth-order valence-corrected chi connectivity index (χ4v) is 3.17. The van der Waals surface area contributed by atoms with Crippen LogP contribution in [-0.2, 0) is 0 Å². The highest BCUT2D eigenvalue weighted by Gasteiger charge is 2.22. The number of hydrogen-bond acceptors (Lipinski definition) is 5. The fraction of sp³-hybridized carbons (Fsp3) is 0.400. The van der Waals surface area contributed by atoms with E-state index in [0.717, 1.165) is 43.3 Å². The van der Waals surface area contributed by atoms with Crippen molar-refractivity contribution in [3.05, 3.63) is 40.4 Å². The molecule has 1 atom stereocenters. The van der Waals surface area contributed by atoms with E-state index in [4.69, 9.17) is 23.2 Å². The van der Waals surface area contributed by atoms with Gasteiger partial charge < -0.3 is 10.2 Å². The molecule has 1 saturated heterocycles. The van der Waals surface area contributed by atoms with Crippen molar-refractivity contribution in [2.75, 3.05) is 23.3 Å². The summed E-state index contributed by atoms with van der Waals surface area (Å²) in [4.78, 5) is 14.9. The number of aryl methyl sites for hydroxylation is 1. The standard InChI is InChI=1S/C15H17Cl2N5/c1-10-5-14(20-9-19-10)21-12-3-2-4-22(8-12)15-13(17)6-11(16)7-18-15/h5-7,9,12H,2-4,8H2,1H3,(H,19,20,21). The summed E-state index contributed by atoms with van der Waals surface area (Å²) in [5, 5.41) is 4.60. The first kappa shape index (κ1) is 15.3. The van der Waals surface area contributed by atoms with Gasteiger partial charge in [-0.3, -0.25) is 0 Å². The van der Waals surface area contributed by atoms with Crippen LogP contribution in [0.2, 0.25) is 10.0 Å². The lowest BCUT2D eigenvalue weighted by molar-refractivity contribution is 0.525. The van der Waals surface area contributed by atoms with E-state index in [1.54, 1.807) is 18.6 Å². The second-order valence-corrected chi connectivity index (χ2v) is 6.28. The molecule has 1 unspecified atom stereocenters. The maximum atomic E-state index is 6.26. The molecular formula is C15H17Cl2N5. The van der Waals surface area contributed by atoms with E-state index in [-0.39, 0.29) is 0 Å². The fourth-order valence-electron chi connectivity index (χ4n) is 2.67. The highest BCUT2D eigenvalue weighted by atomic mass is 35.5. The van der Waals surface area contributed by atoms with Crippen LogP contribution in [0.15, 0.2) is 24.7 Å². The van der Waals surface area contributed by atoms with Crippen molar-refractivity contribution in [3.8, 4) is 0 Å². The third-order valence-electron chi connectivity index (χ3n) is 3.67. The molecule has 0 aromatic carbocycles. The van der Waals surface area contributed by atoms with Gasteiger partial charge in [0.2, 0.25) is 0 Å². The van der Waals surface area contributed by atoms with E-state index in [1.807, 2.05) is 13.0 Å². The minimum atomic E-state index is 0.302. The Morgan fingerprint density at radius 1 is 1.23 bits per heavy atom. The van der Waals surface area contributed by atoms with E-state index < -0.39 is 0 Å². The second-order valence-electron chi connectivity index (χ2n) is 5.43. The number of aromatic nitrogens is 3. The van der Waals surface area contributed by atoms with Crippen LogP contribution in [0, 0.1) is 6.92 Å². The smallest absolute Gasteiger partial charge is 0.147 e. The van der Waals surface area contributed by atoms with E-state index >= 15 is 0 Å². The van der Waals surface area contributed by atoms with Crippen molar-refractivity contribution in [1.82, 2.24) is 15.0 Å². The molecule has 1 aliphatic rings. The van der Waals surface area contributed by atoms with Crippen molar-refractivity contribution in [2.24, 2.45) is 0 Å². The average Bonchev–Trinajstić information content (AvgIpc) is 2.47.